The first-order valence-electron chi connectivity index (χ1n) is 7.17. The molecule has 104 valence electrons. The van der Waals surface area contributed by atoms with Crippen molar-refractivity contribution in [3.63, 3.8) is 0 Å². The molecule has 1 aliphatic rings. The molecule has 3 heteroatoms. The van der Waals surface area contributed by atoms with Gasteiger partial charge in [0.05, 0.1) is 7.11 Å². The van der Waals surface area contributed by atoms with Gasteiger partial charge in [0, 0.05) is 19.0 Å². The fourth-order valence-electron chi connectivity index (χ4n) is 2.86. The Labute approximate surface area is 115 Å². The smallest absolute Gasteiger partial charge is 0.222 e. The molecule has 1 fully saturated rings. The number of ether oxygens (including phenoxy) is 1. The number of likely N-dealkylation sites (tertiary alicyclic amines) is 1. The number of amides is 1. The molecule has 0 aromatic heterocycles. The average molecular weight is 261 g/mol. The summed E-state index contributed by atoms with van der Waals surface area (Å²) in [6.07, 6.45) is 4.72. The predicted molar refractivity (Wildman–Crippen MR) is 76.3 cm³/mol. The molecule has 0 aliphatic carbocycles. The van der Waals surface area contributed by atoms with Crippen LogP contribution in [0.3, 0.4) is 0 Å². The summed E-state index contributed by atoms with van der Waals surface area (Å²) in [7, 11) is 1.70. The molecule has 19 heavy (non-hydrogen) atoms. The van der Waals surface area contributed by atoms with E-state index in [-0.39, 0.29) is 0 Å². The lowest BCUT2D eigenvalue weighted by atomic mass is 10.0. The maximum absolute atomic E-state index is 12.1. The second kappa shape index (κ2) is 6.60. The first-order chi connectivity index (χ1) is 9.26. The van der Waals surface area contributed by atoms with Crippen LogP contribution in [0, 0.1) is 0 Å². The third-order valence-electron chi connectivity index (χ3n) is 3.81. The number of methoxy groups -OCH3 is 1. The largest absolute Gasteiger partial charge is 0.496 e. The van der Waals surface area contributed by atoms with E-state index in [0.29, 0.717) is 18.4 Å². The van der Waals surface area contributed by atoms with Gasteiger partial charge in [-0.05, 0) is 37.3 Å². The van der Waals surface area contributed by atoms with Crippen molar-refractivity contribution in [3.05, 3.63) is 29.8 Å². The quantitative estimate of drug-likeness (QED) is 0.815. The minimum atomic E-state index is 0.305. The fourth-order valence-corrected chi connectivity index (χ4v) is 2.86. The highest BCUT2D eigenvalue weighted by atomic mass is 16.5. The number of hydrogen-bond acceptors (Lipinski definition) is 2. The van der Waals surface area contributed by atoms with Crippen molar-refractivity contribution < 1.29 is 9.53 Å². The molecular weight excluding hydrogens is 238 g/mol. The van der Waals surface area contributed by atoms with Gasteiger partial charge in [-0.2, -0.15) is 0 Å². The van der Waals surface area contributed by atoms with Crippen molar-refractivity contribution in [1.29, 1.82) is 0 Å². The summed E-state index contributed by atoms with van der Waals surface area (Å²) in [5.41, 5.74) is 1.20. The van der Waals surface area contributed by atoms with Gasteiger partial charge in [-0.25, -0.2) is 0 Å². The van der Waals surface area contributed by atoms with Gasteiger partial charge in [-0.3, -0.25) is 4.79 Å². The number of nitrogens with zero attached hydrogens (tertiary/aromatic N) is 1. The third-order valence-corrected chi connectivity index (χ3v) is 3.81. The van der Waals surface area contributed by atoms with Crippen LogP contribution in [0.2, 0.25) is 0 Å². The first-order valence-corrected chi connectivity index (χ1v) is 7.17. The Hall–Kier alpha value is -1.51. The van der Waals surface area contributed by atoms with Gasteiger partial charge in [0.15, 0.2) is 0 Å². The summed E-state index contributed by atoms with van der Waals surface area (Å²) in [6, 6.07) is 8.44. The molecule has 1 aliphatic heterocycles. The van der Waals surface area contributed by atoms with E-state index in [1.807, 2.05) is 18.2 Å². The van der Waals surface area contributed by atoms with Crippen LogP contribution in [0.4, 0.5) is 0 Å². The molecule has 1 atom stereocenters. The number of para-hydroxylation sites is 1. The molecule has 3 nitrogen and oxygen atoms in total. The SMILES string of the molecule is CCCC(=O)N1CCC[C@@H]1Cc1ccccc1OC. The molecule has 1 heterocycles. The second-order valence-corrected chi connectivity index (χ2v) is 5.15. The van der Waals surface area contributed by atoms with Crippen LogP contribution in [0.25, 0.3) is 0 Å². The lowest BCUT2D eigenvalue weighted by Gasteiger charge is -2.25. The highest BCUT2D eigenvalue weighted by Gasteiger charge is 2.28. The highest BCUT2D eigenvalue weighted by molar-refractivity contribution is 5.76. The van der Waals surface area contributed by atoms with Gasteiger partial charge in [-0.1, -0.05) is 25.1 Å². The van der Waals surface area contributed by atoms with Crippen molar-refractivity contribution in [2.24, 2.45) is 0 Å². The summed E-state index contributed by atoms with van der Waals surface area (Å²) in [6.45, 7) is 2.97. The Morgan fingerprint density at radius 1 is 1.42 bits per heavy atom. The fraction of sp³-hybridized carbons (Fsp3) is 0.562. The Kier molecular flexibility index (Phi) is 4.83. The number of benzene rings is 1. The van der Waals surface area contributed by atoms with E-state index >= 15 is 0 Å². The van der Waals surface area contributed by atoms with Crippen LogP contribution in [0.1, 0.15) is 38.2 Å². The van der Waals surface area contributed by atoms with Crippen molar-refractivity contribution in [1.82, 2.24) is 4.90 Å². The van der Waals surface area contributed by atoms with Gasteiger partial charge in [0.25, 0.3) is 0 Å². The third kappa shape index (κ3) is 3.28. The summed E-state index contributed by atoms with van der Waals surface area (Å²) in [5.74, 6) is 1.23. The molecule has 1 aromatic rings. The van der Waals surface area contributed by atoms with Gasteiger partial charge in [-0.15, -0.1) is 0 Å². The minimum absolute atomic E-state index is 0.305. The molecular formula is C16H23NO2. The van der Waals surface area contributed by atoms with Crippen molar-refractivity contribution in [2.45, 2.75) is 45.1 Å². The standard InChI is InChI=1S/C16H23NO2/c1-3-7-16(18)17-11-6-9-14(17)12-13-8-4-5-10-15(13)19-2/h4-5,8,10,14H,3,6-7,9,11-12H2,1-2H3/t14-/m1/s1. The normalized spacial score (nSPS) is 18.6. The maximum Gasteiger partial charge on any atom is 0.222 e. The number of rotatable bonds is 5. The van der Waals surface area contributed by atoms with E-state index in [9.17, 15) is 4.79 Å². The van der Waals surface area contributed by atoms with E-state index in [1.54, 1.807) is 7.11 Å². The molecule has 0 bridgehead atoms. The van der Waals surface area contributed by atoms with Gasteiger partial charge in [0.1, 0.15) is 5.75 Å². The average Bonchev–Trinajstić information content (AvgIpc) is 2.88. The number of carbonyl (C=O) groups excluding carboxylic acids is 1. The Balaban J connectivity index is 2.07. The van der Waals surface area contributed by atoms with E-state index in [0.717, 1.165) is 38.0 Å². The van der Waals surface area contributed by atoms with E-state index in [4.69, 9.17) is 4.74 Å². The maximum atomic E-state index is 12.1. The first kappa shape index (κ1) is 13.9. The van der Waals surface area contributed by atoms with Crippen LogP contribution in [0.15, 0.2) is 24.3 Å². The molecule has 0 saturated carbocycles. The Morgan fingerprint density at radius 2 is 2.21 bits per heavy atom. The van der Waals surface area contributed by atoms with Crippen LogP contribution >= 0.6 is 0 Å². The van der Waals surface area contributed by atoms with Gasteiger partial charge < -0.3 is 9.64 Å². The van der Waals surface area contributed by atoms with Crippen molar-refractivity contribution in [3.8, 4) is 5.75 Å². The minimum Gasteiger partial charge on any atom is -0.496 e. The summed E-state index contributed by atoms with van der Waals surface area (Å²) in [5, 5.41) is 0. The number of hydrogen-bond donors (Lipinski definition) is 0. The highest BCUT2D eigenvalue weighted by Crippen LogP contribution is 2.26. The molecule has 0 radical (unpaired) electrons. The second-order valence-electron chi connectivity index (χ2n) is 5.15. The van der Waals surface area contributed by atoms with E-state index in [1.165, 1.54) is 5.56 Å². The van der Waals surface area contributed by atoms with E-state index in [2.05, 4.69) is 17.9 Å². The van der Waals surface area contributed by atoms with Gasteiger partial charge >= 0.3 is 0 Å². The molecule has 1 aromatic carbocycles. The molecule has 0 N–H and O–H groups in total. The number of carbonyl (C=O) groups is 1. The molecule has 0 spiro atoms. The Bertz CT molecular complexity index is 431. The molecule has 2 rings (SSSR count). The topological polar surface area (TPSA) is 29.5 Å². The zero-order chi connectivity index (χ0) is 13.7. The van der Waals surface area contributed by atoms with Crippen molar-refractivity contribution >= 4 is 5.91 Å². The lowest BCUT2D eigenvalue weighted by Crippen LogP contribution is -2.36. The zero-order valence-electron chi connectivity index (χ0n) is 11.9. The summed E-state index contributed by atoms with van der Waals surface area (Å²) in [4.78, 5) is 14.2. The zero-order valence-corrected chi connectivity index (χ0v) is 11.9. The molecule has 1 saturated heterocycles. The van der Waals surface area contributed by atoms with Gasteiger partial charge in [0.2, 0.25) is 5.91 Å². The summed E-state index contributed by atoms with van der Waals surface area (Å²) >= 11 is 0. The molecule has 0 unspecified atom stereocenters. The van der Waals surface area contributed by atoms with Crippen LogP contribution in [-0.4, -0.2) is 30.5 Å². The van der Waals surface area contributed by atoms with Crippen LogP contribution in [-0.2, 0) is 11.2 Å². The predicted octanol–water partition coefficient (Wildman–Crippen LogP) is 3.03. The van der Waals surface area contributed by atoms with Crippen LogP contribution in [0.5, 0.6) is 5.75 Å². The monoisotopic (exact) mass is 261 g/mol. The van der Waals surface area contributed by atoms with E-state index < -0.39 is 0 Å². The lowest BCUT2D eigenvalue weighted by molar-refractivity contribution is -0.132. The summed E-state index contributed by atoms with van der Waals surface area (Å²) < 4.78 is 5.40. The Morgan fingerprint density at radius 3 is 2.95 bits per heavy atom. The van der Waals surface area contributed by atoms with Crippen molar-refractivity contribution in [2.75, 3.05) is 13.7 Å². The van der Waals surface area contributed by atoms with Crippen LogP contribution < -0.4 is 4.74 Å². The molecule has 1 amide bonds.